The van der Waals surface area contributed by atoms with Crippen molar-refractivity contribution < 1.29 is 71.2 Å². The standard InChI is InChI=1S/C21H22O8.C20H20O7.C9H13NO2/c1-23-13-8-7-11(9-15(13)24-2)14-10-12(22)16-17(25-3)19(26-4)21(28-6)20(27-5)18(16)29-14;1-22-12-8-6-11(7-9-12)14-10-13(21)15-16(23-2)18(24-3)20(26-5)19(25-4)17(15)27-14;1-10-6-9(12)7-2-4-8(11)5-3-7/h7-10H,1-6H3;6-10H,1-5H3;2-5,9-12H,6H2,1H3. The minimum Gasteiger partial charge on any atom is -0.508 e. The molecule has 0 radical (unpaired) electrons. The summed E-state index contributed by atoms with van der Waals surface area (Å²) in [4.78, 5) is 25.9. The van der Waals surface area contributed by atoms with Crippen molar-refractivity contribution >= 4 is 21.9 Å². The van der Waals surface area contributed by atoms with E-state index in [1.807, 2.05) is 0 Å². The van der Waals surface area contributed by atoms with Gasteiger partial charge in [0.15, 0.2) is 45.0 Å². The van der Waals surface area contributed by atoms with Gasteiger partial charge in [-0.05, 0) is 67.2 Å². The van der Waals surface area contributed by atoms with Gasteiger partial charge in [-0.25, -0.2) is 0 Å². The second-order valence-corrected chi connectivity index (χ2v) is 14.1. The van der Waals surface area contributed by atoms with E-state index in [1.165, 1.54) is 76.1 Å². The van der Waals surface area contributed by atoms with Crippen LogP contribution in [0.5, 0.6) is 69.0 Å². The van der Waals surface area contributed by atoms with Gasteiger partial charge in [0.25, 0.3) is 0 Å². The van der Waals surface area contributed by atoms with Crippen LogP contribution in [0.4, 0.5) is 0 Å². The summed E-state index contributed by atoms with van der Waals surface area (Å²) in [5, 5.41) is 21.7. The van der Waals surface area contributed by atoms with Crippen LogP contribution < -0.4 is 68.3 Å². The molecule has 0 aliphatic rings. The van der Waals surface area contributed by atoms with Crippen LogP contribution in [0, 0.1) is 0 Å². The Morgan fingerprint density at radius 1 is 0.471 bits per heavy atom. The number of phenolic OH excluding ortho intramolecular Hbond substituents is 1. The predicted molar refractivity (Wildman–Crippen MR) is 255 cm³/mol. The molecular formula is C50H55NO17. The highest BCUT2D eigenvalue weighted by Crippen LogP contribution is 2.52. The first-order valence-corrected chi connectivity index (χ1v) is 20.5. The number of fused-ring (bicyclic) bond motifs is 2. The van der Waals surface area contributed by atoms with Gasteiger partial charge in [-0.3, -0.25) is 9.59 Å². The summed E-state index contributed by atoms with van der Waals surface area (Å²) in [6, 6.07) is 21.7. The van der Waals surface area contributed by atoms with Gasteiger partial charge < -0.3 is 76.5 Å². The second-order valence-electron chi connectivity index (χ2n) is 14.1. The molecule has 0 bridgehead atoms. The number of rotatable bonds is 16. The fourth-order valence-corrected chi connectivity index (χ4v) is 7.12. The van der Waals surface area contributed by atoms with Crippen molar-refractivity contribution in [1.29, 1.82) is 0 Å². The number of methoxy groups -OCH3 is 11. The van der Waals surface area contributed by atoms with Crippen LogP contribution in [0.1, 0.15) is 11.7 Å². The minimum absolute atomic E-state index is 0.180. The van der Waals surface area contributed by atoms with Gasteiger partial charge in [0, 0.05) is 29.8 Å². The zero-order valence-corrected chi connectivity index (χ0v) is 39.8. The van der Waals surface area contributed by atoms with Crippen LogP contribution in [0.2, 0.25) is 0 Å². The highest BCUT2D eigenvalue weighted by Gasteiger charge is 2.29. The van der Waals surface area contributed by atoms with E-state index in [0.717, 1.165) is 5.56 Å². The first-order valence-electron chi connectivity index (χ1n) is 20.5. The highest BCUT2D eigenvalue weighted by atomic mass is 16.6. The van der Waals surface area contributed by atoms with Gasteiger partial charge in [0.2, 0.25) is 34.5 Å². The third kappa shape index (κ3) is 10.5. The lowest BCUT2D eigenvalue weighted by atomic mass is 10.1. The number of phenols is 1. The number of aromatic hydroxyl groups is 1. The van der Waals surface area contributed by atoms with Crippen molar-refractivity contribution in [2.45, 2.75) is 6.10 Å². The maximum absolute atomic E-state index is 13.0. The third-order valence-electron chi connectivity index (χ3n) is 10.4. The molecule has 0 spiro atoms. The number of hydrogen-bond acceptors (Lipinski definition) is 18. The normalized spacial score (nSPS) is 11.0. The Balaban J connectivity index is 0.000000206. The van der Waals surface area contributed by atoms with Crippen molar-refractivity contribution in [2.24, 2.45) is 0 Å². The topological polar surface area (TPSA) is 214 Å². The summed E-state index contributed by atoms with van der Waals surface area (Å²) in [5.74, 6) is 4.60. The van der Waals surface area contributed by atoms with E-state index in [1.54, 1.807) is 88.0 Å². The Morgan fingerprint density at radius 2 is 0.882 bits per heavy atom. The monoisotopic (exact) mass is 941 g/mol. The molecule has 5 aromatic carbocycles. The molecule has 0 aliphatic carbocycles. The lowest BCUT2D eigenvalue weighted by Crippen LogP contribution is -2.16. The number of aliphatic hydroxyl groups excluding tert-OH is 1. The first-order chi connectivity index (χ1) is 32.9. The van der Waals surface area contributed by atoms with Gasteiger partial charge in [0.05, 0.1) is 84.3 Å². The van der Waals surface area contributed by atoms with E-state index in [0.29, 0.717) is 46.4 Å². The van der Waals surface area contributed by atoms with Crippen LogP contribution in [0.15, 0.2) is 97.3 Å². The lowest BCUT2D eigenvalue weighted by Gasteiger charge is -2.18. The quantitative estimate of drug-likeness (QED) is 0.0848. The zero-order chi connectivity index (χ0) is 49.7. The molecule has 7 rings (SSSR count). The smallest absolute Gasteiger partial charge is 0.211 e. The van der Waals surface area contributed by atoms with Crippen molar-refractivity contribution in [3.05, 3.63) is 105 Å². The zero-order valence-electron chi connectivity index (χ0n) is 39.8. The molecule has 0 fully saturated rings. The number of likely N-dealkylation sites (N-methyl/N-ethyl adjacent to an activating group) is 1. The van der Waals surface area contributed by atoms with Gasteiger partial charge in [-0.2, -0.15) is 0 Å². The Kier molecular flexibility index (Phi) is 17.6. The summed E-state index contributed by atoms with van der Waals surface area (Å²) in [6.07, 6.45) is -0.504. The van der Waals surface area contributed by atoms with Gasteiger partial charge in [-0.15, -0.1) is 0 Å². The lowest BCUT2D eigenvalue weighted by molar-refractivity contribution is 0.177. The van der Waals surface area contributed by atoms with Gasteiger partial charge >= 0.3 is 0 Å². The molecular weight excluding hydrogens is 887 g/mol. The molecule has 18 heteroatoms. The molecule has 0 amide bonds. The molecule has 18 nitrogen and oxygen atoms in total. The van der Waals surface area contributed by atoms with Crippen molar-refractivity contribution in [3.63, 3.8) is 0 Å². The second kappa shape index (κ2) is 23.5. The predicted octanol–water partition coefficient (Wildman–Crippen LogP) is 7.66. The van der Waals surface area contributed by atoms with Crippen LogP contribution >= 0.6 is 0 Å². The van der Waals surface area contributed by atoms with E-state index in [9.17, 15) is 14.7 Å². The number of ether oxygens (including phenoxy) is 11. The number of benzene rings is 5. The van der Waals surface area contributed by atoms with E-state index in [-0.39, 0.29) is 84.5 Å². The Hall–Kier alpha value is -7.96. The van der Waals surface area contributed by atoms with E-state index >= 15 is 0 Å². The maximum atomic E-state index is 13.0. The molecule has 2 aromatic heterocycles. The summed E-state index contributed by atoms with van der Waals surface area (Å²) < 4.78 is 71.3. The van der Waals surface area contributed by atoms with Crippen molar-refractivity contribution in [3.8, 4) is 91.6 Å². The number of hydrogen-bond donors (Lipinski definition) is 3. The SMILES string of the molecule is CNCC(O)c1ccc(O)cc1.COc1ccc(-c2cc(=O)c3c(OC)c(OC)c(OC)c(OC)c3o2)cc1.COc1ccc(-c2cc(=O)c3c(OC)c(OC)c(OC)c(OC)c3o2)cc1OC. The summed E-state index contributed by atoms with van der Waals surface area (Å²) in [5.41, 5.74) is 1.92. The summed E-state index contributed by atoms with van der Waals surface area (Å²) in [6.45, 7) is 0.519. The number of aliphatic hydroxyl groups is 1. The van der Waals surface area contributed by atoms with E-state index < -0.39 is 6.10 Å². The average Bonchev–Trinajstić information content (AvgIpc) is 3.37. The van der Waals surface area contributed by atoms with E-state index in [2.05, 4.69) is 5.32 Å². The first kappa shape index (κ1) is 51.0. The fourth-order valence-electron chi connectivity index (χ4n) is 7.12. The Labute approximate surface area is 391 Å². The van der Waals surface area contributed by atoms with Crippen LogP contribution in [-0.4, -0.2) is 102 Å². The highest BCUT2D eigenvalue weighted by molar-refractivity contribution is 5.96. The molecule has 68 heavy (non-hydrogen) atoms. The molecule has 0 aliphatic heterocycles. The minimum atomic E-state index is -0.504. The molecule has 3 N–H and O–H groups in total. The van der Waals surface area contributed by atoms with Gasteiger partial charge in [0.1, 0.15) is 33.8 Å². The maximum Gasteiger partial charge on any atom is 0.211 e. The summed E-state index contributed by atoms with van der Waals surface area (Å²) in [7, 11) is 18.1. The molecule has 7 aromatic rings. The molecule has 1 unspecified atom stereocenters. The Bertz CT molecular complexity index is 2930. The third-order valence-corrected chi connectivity index (χ3v) is 10.4. The fraction of sp³-hybridized carbons (Fsp3) is 0.280. The average molecular weight is 942 g/mol. The summed E-state index contributed by atoms with van der Waals surface area (Å²) >= 11 is 0. The molecule has 1 atom stereocenters. The molecule has 2 heterocycles. The van der Waals surface area contributed by atoms with E-state index in [4.69, 9.17) is 66.0 Å². The largest absolute Gasteiger partial charge is 0.508 e. The number of nitrogens with one attached hydrogen (secondary N) is 1. The van der Waals surface area contributed by atoms with Crippen molar-refractivity contribution in [2.75, 3.05) is 91.8 Å². The molecule has 0 saturated heterocycles. The van der Waals surface area contributed by atoms with Crippen molar-refractivity contribution in [1.82, 2.24) is 5.32 Å². The van der Waals surface area contributed by atoms with Crippen LogP contribution in [0.25, 0.3) is 44.6 Å². The Morgan fingerprint density at radius 3 is 1.28 bits per heavy atom. The van der Waals surface area contributed by atoms with Crippen LogP contribution in [0.3, 0.4) is 0 Å². The molecule has 362 valence electrons. The molecule has 0 saturated carbocycles. The van der Waals surface area contributed by atoms with Crippen LogP contribution in [-0.2, 0) is 0 Å². The van der Waals surface area contributed by atoms with Gasteiger partial charge in [-0.1, -0.05) is 12.1 Å².